The van der Waals surface area contributed by atoms with E-state index in [9.17, 15) is 18.0 Å². The van der Waals surface area contributed by atoms with E-state index in [-0.39, 0.29) is 17.3 Å². The Morgan fingerprint density at radius 1 is 0.897 bits per heavy atom. The van der Waals surface area contributed by atoms with Crippen LogP contribution in [0.1, 0.15) is 51.3 Å². The van der Waals surface area contributed by atoms with E-state index in [2.05, 4.69) is 5.32 Å². The van der Waals surface area contributed by atoms with Gasteiger partial charge in [0, 0.05) is 12.1 Å². The Morgan fingerprint density at radius 3 is 2.08 bits per heavy atom. The van der Waals surface area contributed by atoms with Gasteiger partial charge in [0.1, 0.15) is 12.6 Å². The van der Waals surface area contributed by atoms with Crippen LogP contribution in [0.5, 0.6) is 0 Å². The third-order valence-electron chi connectivity index (χ3n) is 6.39. The number of anilines is 1. The molecule has 8 heteroatoms. The van der Waals surface area contributed by atoms with Gasteiger partial charge in [0.2, 0.25) is 11.8 Å². The Morgan fingerprint density at radius 2 is 1.49 bits per heavy atom. The number of nitrogens with one attached hydrogen (secondary N) is 1. The number of aryl methyl sites for hydroxylation is 2. The van der Waals surface area contributed by atoms with Gasteiger partial charge in [0.25, 0.3) is 10.0 Å². The standard InChI is InChI=1S/C31H39N3O4S/c1-7-26-13-11-12-16-28(26)34(39(37,38)27-14-9-8-10-15-27)22-29(35)33(21-25-19-17-23(2)18-20-25)24(3)30(36)32-31(4,5)6/h8-20,24H,7,21-22H2,1-6H3,(H,32,36). The number of para-hydroxylation sites is 1. The van der Waals surface area contributed by atoms with Crippen molar-refractivity contribution in [2.75, 3.05) is 10.8 Å². The van der Waals surface area contributed by atoms with Gasteiger partial charge < -0.3 is 10.2 Å². The van der Waals surface area contributed by atoms with Crippen LogP contribution in [0.25, 0.3) is 0 Å². The summed E-state index contributed by atoms with van der Waals surface area (Å²) in [6.45, 7) is 10.9. The molecule has 208 valence electrons. The first-order valence-corrected chi connectivity index (χ1v) is 14.6. The van der Waals surface area contributed by atoms with E-state index < -0.39 is 34.1 Å². The molecule has 3 aromatic carbocycles. The van der Waals surface area contributed by atoms with Crippen LogP contribution in [0.15, 0.2) is 83.8 Å². The van der Waals surface area contributed by atoms with Gasteiger partial charge in [-0.15, -0.1) is 0 Å². The summed E-state index contributed by atoms with van der Waals surface area (Å²) in [6.07, 6.45) is 0.586. The fourth-order valence-electron chi connectivity index (χ4n) is 4.23. The van der Waals surface area contributed by atoms with Crippen molar-refractivity contribution in [3.05, 3.63) is 95.6 Å². The molecular weight excluding hydrogens is 510 g/mol. The van der Waals surface area contributed by atoms with E-state index in [1.807, 2.05) is 71.0 Å². The van der Waals surface area contributed by atoms with Gasteiger partial charge in [0.05, 0.1) is 10.6 Å². The average molecular weight is 550 g/mol. The highest BCUT2D eigenvalue weighted by molar-refractivity contribution is 7.92. The molecule has 0 aromatic heterocycles. The van der Waals surface area contributed by atoms with Crippen molar-refractivity contribution in [1.82, 2.24) is 10.2 Å². The zero-order chi connectivity index (χ0) is 28.8. The molecule has 0 saturated heterocycles. The second-order valence-corrected chi connectivity index (χ2v) is 12.6. The molecule has 0 aliphatic heterocycles. The highest BCUT2D eigenvalue weighted by atomic mass is 32.2. The van der Waals surface area contributed by atoms with Crippen LogP contribution in [-0.4, -0.2) is 43.3 Å². The molecule has 0 bridgehead atoms. The van der Waals surface area contributed by atoms with Crippen molar-refractivity contribution in [2.45, 2.75) is 71.0 Å². The third kappa shape index (κ3) is 7.69. The van der Waals surface area contributed by atoms with E-state index in [0.717, 1.165) is 16.7 Å². The largest absolute Gasteiger partial charge is 0.350 e. The molecule has 0 radical (unpaired) electrons. The highest BCUT2D eigenvalue weighted by Crippen LogP contribution is 2.28. The number of benzene rings is 3. The number of hydrogen-bond acceptors (Lipinski definition) is 4. The van der Waals surface area contributed by atoms with Crippen molar-refractivity contribution in [2.24, 2.45) is 0 Å². The summed E-state index contributed by atoms with van der Waals surface area (Å²) in [6, 6.07) is 22.2. The van der Waals surface area contributed by atoms with Crippen molar-refractivity contribution in [1.29, 1.82) is 0 Å². The summed E-state index contributed by atoms with van der Waals surface area (Å²) in [5.41, 5.74) is 2.67. The Kier molecular flexibility index (Phi) is 9.56. The van der Waals surface area contributed by atoms with Gasteiger partial charge in [-0.3, -0.25) is 13.9 Å². The lowest BCUT2D eigenvalue weighted by Crippen LogP contribution is -2.54. The number of sulfonamides is 1. The molecule has 0 aliphatic carbocycles. The molecule has 0 aliphatic rings. The molecule has 0 spiro atoms. The van der Waals surface area contributed by atoms with Crippen LogP contribution in [0.3, 0.4) is 0 Å². The fourth-order valence-corrected chi connectivity index (χ4v) is 5.71. The van der Waals surface area contributed by atoms with Gasteiger partial charge in [-0.2, -0.15) is 0 Å². The Bertz CT molecular complexity index is 1380. The summed E-state index contributed by atoms with van der Waals surface area (Å²) in [5.74, 6) is -0.785. The van der Waals surface area contributed by atoms with Gasteiger partial charge in [-0.1, -0.05) is 73.2 Å². The number of carbonyl (C=O) groups excluding carboxylic acids is 2. The summed E-state index contributed by atoms with van der Waals surface area (Å²) in [7, 11) is -4.08. The number of hydrogen-bond donors (Lipinski definition) is 1. The monoisotopic (exact) mass is 549 g/mol. The fraction of sp³-hybridized carbons (Fsp3) is 0.355. The Balaban J connectivity index is 2.06. The quantitative estimate of drug-likeness (QED) is 0.382. The topological polar surface area (TPSA) is 86.8 Å². The van der Waals surface area contributed by atoms with Crippen LogP contribution in [0.2, 0.25) is 0 Å². The minimum atomic E-state index is -4.08. The zero-order valence-electron chi connectivity index (χ0n) is 23.6. The van der Waals surface area contributed by atoms with E-state index in [0.29, 0.717) is 12.1 Å². The lowest BCUT2D eigenvalue weighted by Gasteiger charge is -2.34. The number of amides is 2. The van der Waals surface area contributed by atoms with E-state index in [1.165, 1.54) is 21.3 Å². The number of rotatable bonds is 10. The molecule has 7 nitrogen and oxygen atoms in total. The second-order valence-electron chi connectivity index (χ2n) is 10.7. The Hall–Kier alpha value is -3.65. The molecule has 1 N–H and O–H groups in total. The summed E-state index contributed by atoms with van der Waals surface area (Å²) in [4.78, 5) is 28.8. The van der Waals surface area contributed by atoms with Crippen LogP contribution in [-0.2, 0) is 32.6 Å². The summed E-state index contributed by atoms with van der Waals surface area (Å²) >= 11 is 0. The third-order valence-corrected chi connectivity index (χ3v) is 8.16. The minimum Gasteiger partial charge on any atom is -0.350 e. The first kappa shape index (κ1) is 29.9. The van der Waals surface area contributed by atoms with Gasteiger partial charge in [-0.05, 0) is 70.4 Å². The number of carbonyl (C=O) groups is 2. The predicted molar refractivity (Wildman–Crippen MR) is 156 cm³/mol. The van der Waals surface area contributed by atoms with Crippen LogP contribution < -0.4 is 9.62 Å². The molecule has 1 unspecified atom stereocenters. The molecule has 0 saturated carbocycles. The van der Waals surface area contributed by atoms with E-state index in [4.69, 9.17) is 0 Å². The van der Waals surface area contributed by atoms with Crippen molar-refractivity contribution < 1.29 is 18.0 Å². The lowest BCUT2D eigenvalue weighted by molar-refractivity contribution is -0.140. The second kappa shape index (κ2) is 12.5. The van der Waals surface area contributed by atoms with Crippen molar-refractivity contribution >= 4 is 27.5 Å². The maximum Gasteiger partial charge on any atom is 0.264 e. The summed E-state index contributed by atoms with van der Waals surface area (Å²) < 4.78 is 29.0. The van der Waals surface area contributed by atoms with Crippen molar-refractivity contribution in [3.63, 3.8) is 0 Å². The lowest BCUT2D eigenvalue weighted by atomic mass is 10.1. The number of nitrogens with zero attached hydrogens (tertiary/aromatic N) is 2. The van der Waals surface area contributed by atoms with Crippen LogP contribution in [0.4, 0.5) is 5.69 Å². The smallest absolute Gasteiger partial charge is 0.264 e. The average Bonchev–Trinajstić information content (AvgIpc) is 2.90. The molecule has 1 atom stereocenters. The molecule has 0 fully saturated rings. The maximum atomic E-state index is 14.0. The zero-order valence-corrected chi connectivity index (χ0v) is 24.5. The molecule has 3 aromatic rings. The van der Waals surface area contributed by atoms with Gasteiger partial charge in [-0.25, -0.2) is 8.42 Å². The van der Waals surface area contributed by atoms with Gasteiger partial charge >= 0.3 is 0 Å². The molecule has 39 heavy (non-hydrogen) atoms. The first-order chi connectivity index (χ1) is 18.3. The highest BCUT2D eigenvalue weighted by Gasteiger charge is 2.33. The molecular formula is C31H39N3O4S. The van der Waals surface area contributed by atoms with Crippen molar-refractivity contribution in [3.8, 4) is 0 Å². The Labute approximate surface area is 232 Å². The SMILES string of the molecule is CCc1ccccc1N(CC(=O)N(Cc1ccc(C)cc1)C(C)C(=O)NC(C)(C)C)S(=O)(=O)c1ccccc1. The normalized spacial score (nSPS) is 12.5. The predicted octanol–water partition coefficient (Wildman–Crippen LogP) is 5.08. The van der Waals surface area contributed by atoms with Gasteiger partial charge in [0.15, 0.2) is 0 Å². The minimum absolute atomic E-state index is 0.0901. The molecule has 2 amide bonds. The summed E-state index contributed by atoms with van der Waals surface area (Å²) in [5, 5.41) is 2.94. The van der Waals surface area contributed by atoms with E-state index >= 15 is 0 Å². The van der Waals surface area contributed by atoms with Crippen LogP contribution >= 0.6 is 0 Å². The molecule has 3 rings (SSSR count). The molecule has 0 heterocycles. The maximum absolute atomic E-state index is 14.0. The van der Waals surface area contributed by atoms with E-state index in [1.54, 1.807) is 37.3 Å². The van der Waals surface area contributed by atoms with Crippen LogP contribution in [0, 0.1) is 6.92 Å². The first-order valence-electron chi connectivity index (χ1n) is 13.2.